The molecule has 1 aliphatic rings. The molecule has 0 unspecified atom stereocenters. The molecular weight excluding hydrogens is 519 g/mol. The van der Waals surface area contributed by atoms with Crippen molar-refractivity contribution < 1.29 is 27.1 Å². The summed E-state index contributed by atoms with van der Waals surface area (Å²) >= 11 is 1.16. The van der Waals surface area contributed by atoms with Crippen LogP contribution in [0.15, 0.2) is 71.6 Å². The summed E-state index contributed by atoms with van der Waals surface area (Å²) in [5.41, 5.74) is 2.06. The summed E-state index contributed by atoms with van der Waals surface area (Å²) in [5, 5.41) is 11.5. The van der Waals surface area contributed by atoms with Crippen LogP contribution in [-0.2, 0) is 14.8 Å². The van der Waals surface area contributed by atoms with E-state index in [1.165, 1.54) is 30.3 Å². The Bertz CT molecular complexity index is 1540. The highest BCUT2D eigenvalue weighted by atomic mass is 32.2. The lowest BCUT2D eigenvalue weighted by Gasteiger charge is -2.25. The zero-order valence-corrected chi connectivity index (χ0v) is 21.2. The number of hydrogen-bond donors (Lipinski definition) is 1. The van der Waals surface area contributed by atoms with Gasteiger partial charge in [0.2, 0.25) is 11.0 Å². The molecule has 0 spiro atoms. The number of rotatable bonds is 7. The third-order valence-electron chi connectivity index (χ3n) is 5.47. The maximum atomic E-state index is 13.6. The first-order valence-electron chi connectivity index (χ1n) is 11.2. The van der Waals surface area contributed by atoms with E-state index < -0.39 is 28.3 Å². The van der Waals surface area contributed by atoms with Crippen molar-refractivity contribution in [3.05, 3.63) is 78.1 Å². The Balaban J connectivity index is 1.40. The number of nitrogens with one attached hydrogen (secondary N) is 1. The number of aryl methyl sites for hydroxylation is 1. The molecule has 0 saturated carbocycles. The fourth-order valence-electron chi connectivity index (χ4n) is 3.61. The van der Waals surface area contributed by atoms with E-state index in [-0.39, 0.29) is 28.1 Å². The van der Waals surface area contributed by atoms with Gasteiger partial charge < -0.3 is 9.47 Å². The summed E-state index contributed by atoms with van der Waals surface area (Å²) in [5.74, 6) is -0.468. The maximum absolute atomic E-state index is 13.6. The molecule has 190 valence electrons. The van der Waals surface area contributed by atoms with Crippen molar-refractivity contribution in [3.63, 3.8) is 0 Å². The number of amides is 1. The number of fused-ring (bicyclic) bond motifs is 1. The Labute approximate surface area is 216 Å². The number of ether oxygens (including phenoxy) is 2. The minimum atomic E-state index is -4.25. The lowest BCUT2D eigenvalue weighted by molar-refractivity contribution is -0.114. The predicted molar refractivity (Wildman–Crippen MR) is 137 cm³/mol. The van der Waals surface area contributed by atoms with Crippen molar-refractivity contribution >= 4 is 38.1 Å². The molecule has 9 nitrogen and oxygen atoms in total. The molecule has 4 aromatic rings. The molecule has 12 heteroatoms. The summed E-state index contributed by atoms with van der Waals surface area (Å²) < 4.78 is 52.7. The number of sulfonamides is 1. The second-order valence-corrected chi connectivity index (χ2v) is 11.0. The first kappa shape index (κ1) is 24.7. The topological polar surface area (TPSA) is 111 Å². The number of nitrogens with zero attached hydrogens (tertiary/aromatic N) is 3. The summed E-state index contributed by atoms with van der Waals surface area (Å²) in [6, 6.07) is 16.7. The van der Waals surface area contributed by atoms with Crippen molar-refractivity contribution in [2.75, 3.05) is 29.4 Å². The van der Waals surface area contributed by atoms with Gasteiger partial charge in [-0.15, -0.1) is 10.2 Å². The summed E-state index contributed by atoms with van der Waals surface area (Å²) in [6.45, 7) is 2.04. The first-order chi connectivity index (χ1) is 17.8. The molecule has 1 aromatic heterocycles. The minimum Gasteiger partial charge on any atom is -0.486 e. The highest BCUT2D eigenvalue weighted by molar-refractivity contribution is 7.92. The Morgan fingerprint density at radius 1 is 1.00 bits per heavy atom. The highest BCUT2D eigenvalue weighted by Gasteiger charge is 2.29. The van der Waals surface area contributed by atoms with Gasteiger partial charge in [0.05, 0.1) is 10.6 Å². The number of carbonyl (C=O) groups excluding carboxylic acids is 1. The molecule has 2 heterocycles. The van der Waals surface area contributed by atoms with Crippen molar-refractivity contribution in [2.24, 2.45) is 0 Å². The molecule has 37 heavy (non-hydrogen) atoms. The molecule has 1 amide bonds. The van der Waals surface area contributed by atoms with Crippen LogP contribution in [0.5, 0.6) is 11.5 Å². The zero-order valence-electron chi connectivity index (χ0n) is 19.5. The molecule has 0 bridgehead atoms. The van der Waals surface area contributed by atoms with Crippen LogP contribution in [0.2, 0.25) is 0 Å². The van der Waals surface area contributed by atoms with E-state index in [1.54, 1.807) is 0 Å². The van der Waals surface area contributed by atoms with Crippen molar-refractivity contribution in [1.82, 2.24) is 10.2 Å². The van der Waals surface area contributed by atoms with E-state index in [0.29, 0.717) is 17.4 Å². The third-order valence-corrected chi connectivity index (χ3v) is 8.13. The van der Waals surface area contributed by atoms with E-state index >= 15 is 0 Å². The van der Waals surface area contributed by atoms with E-state index in [2.05, 4.69) is 15.5 Å². The smallest absolute Gasteiger partial charge is 0.264 e. The number of aromatic nitrogens is 2. The maximum Gasteiger partial charge on any atom is 0.264 e. The number of carbonyl (C=O) groups is 1. The minimum absolute atomic E-state index is 0.105. The second kappa shape index (κ2) is 10.1. The molecule has 1 N–H and O–H groups in total. The van der Waals surface area contributed by atoms with Crippen LogP contribution in [0.25, 0.3) is 10.6 Å². The highest BCUT2D eigenvalue weighted by Crippen LogP contribution is 2.34. The average molecular weight is 541 g/mol. The molecule has 5 rings (SSSR count). The molecule has 0 radical (unpaired) electrons. The van der Waals surface area contributed by atoms with Gasteiger partial charge >= 0.3 is 0 Å². The molecule has 0 aliphatic carbocycles. The number of halogens is 1. The van der Waals surface area contributed by atoms with Gasteiger partial charge in [-0.2, -0.15) is 0 Å². The van der Waals surface area contributed by atoms with Gasteiger partial charge in [-0.3, -0.25) is 14.4 Å². The Kier molecular flexibility index (Phi) is 6.76. The second-order valence-electron chi connectivity index (χ2n) is 8.12. The van der Waals surface area contributed by atoms with Crippen molar-refractivity contribution in [1.29, 1.82) is 0 Å². The van der Waals surface area contributed by atoms with Gasteiger partial charge in [-0.1, -0.05) is 41.2 Å². The summed E-state index contributed by atoms with van der Waals surface area (Å²) in [6.07, 6.45) is 0. The summed E-state index contributed by atoms with van der Waals surface area (Å²) in [7, 11) is -4.25. The van der Waals surface area contributed by atoms with Crippen LogP contribution in [-0.4, -0.2) is 44.3 Å². The monoisotopic (exact) mass is 540 g/mol. The lowest BCUT2D eigenvalue weighted by Crippen LogP contribution is -2.38. The van der Waals surface area contributed by atoms with Crippen molar-refractivity contribution in [2.45, 2.75) is 11.8 Å². The van der Waals surface area contributed by atoms with E-state index in [9.17, 15) is 17.6 Å². The molecule has 1 aliphatic heterocycles. The van der Waals surface area contributed by atoms with Gasteiger partial charge in [-0.25, -0.2) is 12.8 Å². The van der Waals surface area contributed by atoms with Crippen LogP contribution in [0.4, 0.5) is 15.2 Å². The van der Waals surface area contributed by atoms with Gasteiger partial charge in [0.1, 0.15) is 30.6 Å². The standard InChI is InChI=1S/C25H21FN4O5S2/c1-16-2-4-17(5-3-16)24-28-29-25(36-24)27-23(31)15-30(19-8-6-18(26)7-9-19)37(32,33)20-10-11-21-22(14-20)35-13-12-34-21/h2-11,14H,12-13,15H2,1H3,(H,27,29,31). The molecular formula is C25H21FN4O5S2. The number of benzene rings is 3. The number of anilines is 2. The van der Waals surface area contributed by atoms with E-state index in [0.717, 1.165) is 38.9 Å². The largest absolute Gasteiger partial charge is 0.486 e. The van der Waals surface area contributed by atoms with Gasteiger partial charge in [0, 0.05) is 11.6 Å². The Hall–Kier alpha value is -4.03. The fraction of sp³-hybridized carbons (Fsp3) is 0.160. The van der Waals surface area contributed by atoms with Crippen LogP contribution >= 0.6 is 11.3 Å². The summed E-state index contributed by atoms with van der Waals surface area (Å²) in [4.78, 5) is 12.9. The van der Waals surface area contributed by atoms with E-state index in [4.69, 9.17) is 9.47 Å². The molecule has 0 saturated heterocycles. The zero-order chi connectivity index (χ0) is 26.0. The molecule has 0 atom stereocenters. The van der Waals surface area contributed by atoms with E-state index in [1.807, 2.05) is 31.2 Å². The van der Waals surface area contributed by atoms with Crippen LogP contribution in [0.1, 0.15) is 5.56 Å². The normalized spacial score (nSPS) is 12.7. The lowest BCUT2D eigenvalue weighted by atomic mass is 10.2. The van der Waals surface area contributed by atoms with Crippen LogP contribution < -0.4 is 19.1 Å². The Morgan fingerprint density at radius 2 is 1.70 bits per heavy atom. The Morgan fingerprint density at radius 3 is 2.43 bits per heavy atom. The molecule has 3 aromatic carbocycles. The molecule has 0 fully saturated rings. The van der Waals surface area contributed by atoms with Gasteiger partial charge in [0.25, 0.3) is 10.0 Å². The third kappa shape index (κ3) is 5.39. The predicted octanol–water partition coefficient (Wildman–Crippen LogP) is 4.26. The van der Waals surface area contributed by atoms with Gasteiger partial charge in [0.15, 0.2) is 11.5 Å². The fourth-order valence-corrected chi connectivity index (χ4v) is 5.81. The van der Waals surface area contributed by atoms with Crippen molar-refractivity contribution in [3.8, 4) is 22.1 Å². The van der Waals surface area contributed by atoms with Gasteiger partial charge in [-0.05, 0) is 43.3 Å². The quantitative estimate of drug-likeness (QED) is 0.373. The van der Waals surface area contributed by atoms with Crippen LogP contribution in [0, 0.1) is 12.7 Å². The first-order valence-corrected chi connectivity index (χ1v) is 13.4. The SMILES string of the molecule is Cc1ccc(-c2nnc(NC(=O)CN(c3ccc(F)cc3)S(=O)(=O)c3ccc4c(c3)OCCO4)s2)cc1. The number of hydrogen-bond acceptors (Lipinski definition) is 8. The average Bonchev–Trinajstić information content (AvgIpc) is 3.36. The van der Waals surface area contributed by atoms with Crippen LogP contribution in [0.3, 0.4) is 0 Å².